The molecule has 2 rings (SSSR count). The van der Waals surface area contributed by atoms with Crippen LogP contribution >= 0.6 is 0 Å². The first kappa shape index (κ1) is 16.2. The number of carbonyl (C=O) groups excluding carboxylic acids is 1. The Morgan fingerprint density at radius 3 is 2.50 bits per heavy atom. The van der Waals surface area contributed by atoms with E-state index in [1.807, 2.05) is 51.1 Å². The van der Waals surface area contributed by atoms with Gasteiger partial charge < -0.3 is 10.4 Å². The molecule has 1 heterocycles. The van der Waals surface area contributed by atoms with Crippen LogP contribution in [0.15, 0.2) is 36.5 Å². The summed E-state index contributed by atoms with van der Waals surface area (Å²) in [4.78, 5) is 12.4. The number of hydrogen-bond donors (Lipinski definition) is 2. The molecule has 118 valence electrons. The molecule has 0 saturated carbocycles. The molecule has 0 bridgehead atoms. The highest BCUT2D eigenvalue weighted by atomic mass is 16.3. The molecule has 5 heteroatoms. The summed E-state index contributed by atoms with van der Waals surface area (Å²) in [5.74, 6) is -0.215. The predicted molar refractivity (Wildman–Crippen MR) is 86.3 cm³/mol. The minimum Gasteiger partial charge on any atom is -0.392 e. The Morgan fingerprint density at radius 1 is 1.32 bits per heavy atom. The second kappa shape index (κ2) is 6.32. The quantitative estimate of drug-likeness (QED) is 0.910. The van der Waals surface area contributed by atoms with E-state index in [4.69, 9.17) is 0 Å². The number of aliphatic hydroxyl groups excluding tert-OH is 1. The summed E-state index contributed by atoms with van der Waals surface area (Å²) in [6.45, 7) is 7.93. The molecule has 0 spiro atoms. The van der Waals surface area contributed by atoms with Gasteiger partial charge in [-0.05, 0) is 19.1 Å². The van der Waals surface area contributed by atoms with E-state index in [-0.39, 0.29) is 17.9 Å². The second-order valence-electron chi connectivity index (χ2n) is 6.48. The van der Waals surface area contributed by atoms with E-state index < -0.39 is 6.10 Å². The van der Waals surface area contributed by atoms with Crippen molar-refractivity contribution in [3.63, 3.8) is 0 Å². The molecule has 1 aromatic heterocycles. The molecule has 0 aliphatic carbocycles. The van der Waals surface area contributed by atoms with Crippen molar-refractivity contribution in [1.29, 1.82) is 0 Å². The summed E-state index contributed by atoms with van der Waals surface area (Å²) in [5.41, 5.74) is 1.93. The van der Waals surface area contributed by atoms with Crippen molar-refractivity contribution in [1.82, 2.24) is 15.1 Å². The fourth-order valence-corrected chi connectivity index (χ4v) is 2.14. The van der Waals surface area contributed by atoms with Crippen molar-refractivity contribution in [2.24, 2.45) is 0 Å². The Morgan fingerprint density at radius 2 is 1.95 bits per heavy atom. The summed E-state index contributed by atoms with van der Waals surface area (Å²) in [6.07, 6.45) is 1.17. The van der Waals surface area contributed by atoms with Crippen molar-refractivity contribution in [2.45, 2.75) is 39.2 Å². The average molecular weight is 301 g/mol. The standard InChI is InChI=1S/C17H23N3O2/c1-12(21)10-18-16(22)14-11-20(13-8-6-5-7-9-13)19-15(14)17(2,3)4/h5-9,11-12,21H,10H2,1-4H3,(H,18,22). The van der Waals surface area contributed by atoms with Gasteiger partial charge in [0.05, 0.1) is 23.0 Å². The molecule has 5 nitrogen and oxygen atoms in total. The van der Waals surface area contributed by atoms with E-state index in [2.05, 4.69) is 10.4 Å². The van der Waals surface area contributed by atoms with Crippen LogP contribution in [-0.4, -0.2) is 33.4 Å². The highest BCUT2D eigenvalue weighted by molar-refractivity contribution is 5.95. The molecule has 0 radical (unpaired) electrons. The van der Waals surface area contributed by atoms with E-state index in [0.29, 0.717) is 5.56 Å². The first-order chi connectivity index (χ1) is 10.3. The number of benzene rings is 1. The smallest absolute Gasteiger partial charge is 0.254 e. The largest absolute Gasteiger partial charge is 0.392 e. The number of hydrogen-bond acceptors (Lipinski definition) is 3. The number of aliphatic hydroxyl groups is 1. The van der Waals surface area contributed by atoms with Crippen LogP contribution in [0.25, 0.3) is 5.69 Å². The zero-order valence-electron chi connectivity index (χ0n) is 13.5. The molecule has 1 amide bonds. The molecule has 1 unspecified atom stereocenters. The third-order valence-electron chi connectivity index (χ3n) is 3.25. The van der Waals surface area contributed by atoms with Crippen molar-refractivity contribution < 1.29 is 9.90 Å². The van der Waals surface area contributed by atoms with Gasteiger partial charge in [-0.1, -0.05) is 39.0 Å². The second-order valence-corrected chi connectivity index (χ2v) is 6.48. The lowest BCUT2D eigenvalue weighted by molar-refractivity contribution is 0.0922. The van der Waals surface area contributed by atoms with Crippen LogP contribution in [0.3, 0.4) is 0 Å². The molecule has 1 atom stereocenters. The van der Waals surface area contributed by atoms with Gasteiger partial charge >= 0.3 is 0 Å². The van der Waals surface area contributed by atoms with Gasteiger partial charge in [0.2, 0.25) is 0 Å². The lowest BCUT2D eigenvalue weighted by atomic mass is 9.89. The van der Waals surface area contributed by atoms with Crippen LogP contribution in [0.1, 0.15) is 43.7 Å². The normalized spacial score (nSPS) is 13.0. The maximum Gasteiger partial charge on any atom is 0.254 e. The minimum atomic E-state index is -0.578. The fourth-order valence-electron chi connectivity index (χ4n) is 2.14. The maximum atomic E-state index is 12.4. The summed E-state index contributed by atoms with van der Waals surface area (Å²) >= 11 is 0. The maximum absolute atomic E-state index is 12.4. The molecule has 2 N–H and O–H groups in total. The van der Waals surface area contributed by atoms with Gasteiger partial charge in [-0.15, -0.1) is 0 Å². The van der Waals surface area contributed by atoms with Crippen LogP contribution in [0, 0.1) is 0 Å². The van der Waals surface area contributed by atoms with Crippen LogP contribution < -0.4 is 5.32 Å². The third-order valence-corrected chi connectivity index (χ3v) is 3.25. The number of para-hydroxylation sites is 1. The zero-order valence-corrected chi connectivity index (χ0v) is 13.5. The van der Waals surface area contributed by atoms with Crippen molar-refractivity contribution >= 4 is 5.91 Å². The van der Waals surface area contributed by atoms with Gasteiger partial charge in [-0.3, -0.25) is 4.79 Å². The van der Waals surface area contributed by atoms with Crippen LogP contribution in [0.5, 0.6) is 0 Å². The van der Waals surface area contributed by atoms with E-state index in [1.165, 1.54) is 0 Å². The molecule has 1 aromatic carbocycles. The van der Waals surface area contributed by atoms with Gasteiger partial charge in [0.25, 0.3) is 5.91 Å². The molecule has 2 aromatic rings. The summed E-state index contributed by atoms with van der Waals surface area (Å²) < 4.78 is 1.72. The number of aromatic nitrogens is 2. The topological polar surface area (TPSA) is 67.2 Å². The highest BCUT2D eigenvalue weighted by Gasteiger charge is 2.26. The van der Waals surface area contributed by atoms with Crippen molar-refractivity contribution in [2.75, 3.05) is 6.54 Å². The minimum absolute atomic E-state index is 0.215. The Balaban J connectivity index is 2.39. The number of amides is 1. The molecule has 0 aliphatic heterocycles. The Kier molecular flexibility index (Phi) is 4.66. The summed E-state index contributed by atoms with van der Waals surface area (Å²) in [6, 6.07) is 9.68. The van der Waals surface area contributed by atoms with E-state index in [9.17, 15) is 9.90 Å². The van der Waals surface area contributed by atoms with Crippen molar-refractivity contribution in [3.05, 3.63) is 47.8 Å². The average Bonchev–Trinajstić information content (AvgIpc) is 2.91. The highest BCUT2D eigenvalue weighted by Crippen LogP contribution is 2.25. The molecule has 0 aliphatic rings. The number of rotatable bonds is 4. The van der Waals surface area contributed by atoms with Gasteiger partial charge in [-0.2, -0.15) is 5.10 Å². The summed E-state index contributed by atoms with van der Waals surface area (Å²) in [5, 5.41) is 16.7. The van der Waals surface area contributed by atoms with Gasteiger partial charge in [-0.25, -0.2) is 4.68 Å². The third kappa shape index (κ3) is 3.74. The molecular formula is C17H23N3O2. The summed E-state index contributed by atoms with van der Waals surface area (Å²) in [7, 11) is 0. The van der Waals surface area contributed by atoms with Gasteiger partial charge in [0.1, 0.15) is 0 Å². The molecule has 0 saturated heterocycles. The molecule has 22 heavy (non-hydrogen) atoms. The Hall–Kier alpha value is -2.14. The SMILES string of the molecule is CC(O)CNC(=O)c1cn(-c2ccccc2)nc1C(C)(C)C. The predicted octanol–water partition coefficient (Wildman–Crippen LogP) is 2.28. The first-order valence-electron chi connectivity index (χ1n) is 7.41. The van der Waals surface area contributed by atoms with Crippen LogP contribution in [0.2, 0.25) is 0 Å². The zero-order chi connectivity index (χ0) is 16.3. The van der Waals surface area contributed by atoms with Crippen molar-refractivity contribution in [3.8, 4) is 5.69 Å². The monoisotopic (exact) mass is 301 g/mol. The van der Waals surface area contributed by atoms with Gasteiger partial charge in [0, 0.05) is 18.2 Å². The number of nitrogens with one attached hydrogen (secondary N) is 1. The number of carbonyl (C=O) groups is 1. The fraction of sp³-hybridized carbons (Fsp3) is 0.412. The van der Waals surface area contributed by atoms with E-state index >= 15 is 0 Å². The number of nitrogens with zero attached hydrogens (tertiary/aromatic N) is 2. The Bertz CT molecular complexity index is 640. The van der Waals surface area contributed by atoms with Crippen LogP contribution in [-0.2, 0) is 5.41 Å². The first-order valence-corrected chi connectivity index (χ1v) is 7.41. The molecular weight excluding hydrogens is 278 g/mol. The molecule has 0 fully saturated rings. The Labute approximate surface area is 131 Å². The lowest BCUT2D eigenvalue weighted by Crippen LogP contribution is -2.32. The lowest BCUT2D eigenvalue weighted by Gasteiger charge is -2.17. The van der Waals surface area contributed by atoms with Crippen LogP contribution in [0.4, 0.5) is 0 Å². The van der Waals surface area contributed by atoms with E-state index in [1.54, 1.807) is 17.8 Å². The van der Waals surface area contributed by atoms with E-state index in [0.717, 1.165) is 11.4 Å². The van der Waals surface area contributed by atoms with Gasteiger partial charge in [0.15, 0.2) is 0 Å².